The lowest BCUT2D eigenvalue weighted by Crippen LogP contribution is -2.08. The highest BCUT2D eigenvalue weighted by atomic mass is 16.6. The fraction of sp³-hybridized carbons (Fsp3) is 0.423. The maximum Gasteiger partial charge on any atom is 0.125 e. The average molecular weight is 442 g/mol. The Kier molecular flexibility index (Phi) is 11.3. The second-order valence-corrected chi connectivity index (χ2v) is 7.49. The van der Waals surface area contributed by atoms with Gasteiger partial charge in [0.05, 0.1) is 32.1 Å². The Hall–Kier alpha value is -2.83. The summed E-state index contributed by atoms with van der Waals surface area (Å²) in [6.07, 6.45) is 3.95. The van der Waals surface area contributed by atoms with Crippen LogP contribution in [-0.2, 0) is 27.5 Å². The summed E-state index contributed by atoms with van der Waals surface area (Å²) in [6, 6.07) is 12.2. The first-order valence-electron chi connectivity index (χ1n) is 10.8. The summed E-state index contributed by atoms with van der Waals surface area (Å²) in [6.45, 7) is 11.0. The third-order valence-corrected chi connectivity index (χ3v) is 4.61. The van der Waals surface area contributed by atoms with Crippen LogP contribution in [0.5, 0.6) is 11.5 Å². The summed E-state index contributed by atoms with van der Waals surface area (Å²) in [5, 5.41) is 3.82. The summed E-state index contributed by atoms with van der Waals surface area (Å²) in [7, 11) is 1.53. The molecule has 0 unspecified atom stereocenters. The van der Waals surface area contributed by atoms with Crippen LogP contribution >= 0.6 is 0 Å². The smallest absolute Gasteiger partial charge is 0.125 e. The van der Waals surface area contributed by atoms with Crippen molar-refractivity contribution in [3.8, 4) is 11.5 Å². The quantitative estimate of drug-likeness (QED) is 0.170. The molecule has 0 aliphatic heterocycles. The zero-order valence-corrected chi connectivity index (χ0v) is 19.8. The normalized spacial score (nSPS) is 11.7. The van der Waals surface area contributed by atoms with Gasteiger partial charge in [0.2, 0.25) is 0 Å². The summed E-state index contributed by atoms with van der Waals surface area (Å²) < 4.78 is 23.1. The Morgan fingerprint density at radius 3 is 2.12 bits per heavy atom. The van der Waals surface area contributed by atoms with E-state index >= 15 is 0 Å². The van der Waals surface area contributed by atoms with E-state index in [0.29, 0.717) is 39.6 Å². The van der Waals surface area contributed by atoms with Crippen LogP contribution in [0.2, 0.25) is 0 Å². The van der Waals surface area contributed by atoms with Crippen molar-refractivity contribution in [1.82, 2.24) is 0 Å². The van der Waals surface area contributed by atoms with Crippen molar-refractivity contribution in [2.75, 3.05) is 33.5 Å². The first-order valence-corrected chi connectivity index (χ1v) is 10.8. The number of ether oxygens (including phenoxy) is 4. The molecule has 0 bridgehead atoms. The van der Waals surface area contributed by atoms with Crippen molar-refractivity contribution in [3.63, 3.8) is 0 Å². The minimum Gasteiger partial charge on any atom is -0.491 e. The fourth-order valence-corrected chi connectivity index (χ4v) is 3.09. The van der Waals surface area contributed by atoms with Gasteiger partial charge < -0.3 is 23.8 Å². The Labute approximate surface area is 191 Å². The molecule has 0 N–H and O–H groups in total. The molecule has 0 spiro atoms. The van der Waals surface area contributed by atoms with Crippen molar-refractivity contribution in [1.29, 1.82) is 0 Å². The van der Waals surface area contributed by atoms with Crippen molar-refractivity contribution >= 4 is 5.71 Å². The highest BCUT2D eigenvalue weighted by Crippen LogP contribution is 2.28. The number of rotatable bonds is 14. The first kappa shape index (κ1) is 25.4. The molecule has 6 nitrogen and oxygen atoms in total. The number of benzene rings is 2. The van der Waals surface area contributed by atoms with Crippen LogP contribution in [0.15, 0.2) is 53.7 Å². The van der Waals surface area contributed by atoms with Crippen molar-refractivity contribution < 1.29 is 23.8 Å². The SMILES string of the molecule is C/C=C/COc1cc(C)c(OCCOCc2ccc(COC/C(C)=N/OC)cc2)c(C)c1. The summed E-state index contributed by atoms with van der Waals surface area (Å²) in [5.41, 5.74) is 5.13. The lowest BCUT2D eigenvalue weighted by molar-refractivity contribution is 0.0884. The molecule has 0 aromatic heterocycles. The third kappa shape index (κ3) is 9.12. The molecule has 2 aromatic carbocycles. The standard InChI is InChI=1S/C26H35NO5/c1-6-7-12-31-25-15-20(2)26(21(3)16-25)32-14-13-29-18-23-8-10-24(11-9-23)19-30-17-22(4)27-28-5/h6-11,15-16H,12-14,17-19H2,1-5H3/b7-6+,27-22+. The topological polar surface area (TPSA) is 58.5 Å². The molecule has 0 heterocycles. The molecule has 0 saturated heterocycles. The Morgan fingerprint density at radius 2 is 1.53 bits per heavy atom. The molecule has 0 fully saturated rings. The first-order chi connectivity index (χ1) is 15.5. The van der Waals surface area contributed by atoms with Gasteiger partial charge >= 0.3 is 0 Å². The van der Waals surface area contributed by atoms with Gasteiger partial charge in [-0.15, -0.1) is 0 Å². The zero-order chi connectivity index (χ0) is 23.2. The molecule has 0 aliphatic carbocycles. The van der Waals surface area contributed by atoms with E-state index in [2.05, 4.69) is 17.3 Å². The lowest BCUT2D eigenvalue weighted by atomic mass is 10.1. The number of oxime groups is 1. The van der Waals surface area contributed by atoms with E-state index in [1.807, 2.05) is 64.1 Å². The minimum atomic E-state index is 0.448. The molecule has 0 amide bonds. The molecule has 32 heavy (non-hydrogen) atoms. The minimum absolute atomic E-state index is 0.448. The highest BCUT2D eigenvalue weighted by molar-refractivity contribution is 5.82. The van der Waals surface area contributed by atoms with Crippen LogP contribution in [0.3, 0.4) is 0 Å². The predicted octanol–water partition coefficient (Wildman–Crippen LogP) is 5.39. The molecule has 2 rings (SSSR count). The van der Waals surface area contributed by atoms with Gasteiger partial charge in [0.15, 0.2) is 0 Å². The van der Waals surface area contributed by atoms with E-state index < -0.39 is 0 Å². The van der Waals surface area contributed by atoms with E-state index in [4.69, 9.17) is 23.8 Å². The Balaban J connectivity index is 1.70. The number of hydrogen-bond donors (Lipinski definition) is 0. The molecule has 174 valence electrons. The number of hydrogen-bond acceptors (Lipinski definition) is 6. The van der Waals surface area contributed by atoms with Gasteiger partial charge in [-0.25, -0.2) is 0 Å². The van der Waals surface area contributed by atoms with E-state index in [0.717, 1.165) is 39.5 Å². The molecule has 6 heteroatoms. The van der Waals surface area contributed by atoms with Gasteiger partial charge in [-0.05, 0) is 62.1 Å². The number of nitrogens with zero attached hydrogens (tertiary/aromatic N) is 1. The van der Waals surface area contributed by atoms with Crippen molar-refractivity contribution in [2.45, 2.75) is 40.9 Å². The van der Waals surface area contributed by atoms with Crippen LogP contribution in [0.4, 0.5) is 0 Å². The molecule has 0 atom stereocenters. The van der Waals surface area contributed by atoms with Gasteiger partial charge in [0, 0.05) is 0 Å². The van der Waals surface area contributed by atoms with Crippen molar-refractivity contribution in [2.24, 2.45) is 5.16 Å². The van der Waals surface area contributed by atoms with Crippen LogP contribution in [0.25, 0.3) is 0 Å². The molecule has 2 aromatic rings. The number of aryl methyl sites for hydroxylation is 2. The average Bonchev–Trinajstić information content (AvgIpc) is 2.76. The molecular formula is C26H35NO5. The van der Waals surface area contributed by atoms with Crippen molar-refractivity contribution in [3.05, 3.63) is 70.8 Å². The van der Waals surface area contributed by atoms with Crippen LogP contribution < -0.4 is 9.47 Å². The maximum absolute atomic E-state index is 5.96. The predicted molar refractivity (Wildman–Crippen MR) is 128 cm³/mol. The van der Waals surface area contributed by atoms with Gasteiger partial charge in [0.25, 0.3) is 0 Å². The summed E-state index contributed by atoms with van der Waals surface area (Å²) >= 11 is 0. The Morgan fingerprint density at radius 1 is 0.906 bits per heavy atom. The number of allylic oxidation sites excluding steroid dienone is 1. The van der Waals surface area contributed by atoms with Gasteiger partial charge in [-0.3, -0.25) is 0 Å². The fourth-order valence-electron chi connectivity index (χ4n) is 3.09. The van der Waals surface area contributed by atoms with Gasteiger partial charge in [-0.2, -0.15) is 0 Å². The van der Waals surface area contributed by atoms with E-state index in [1.54, 1.807) is 0 Å². The molecule has 0 aliphatic rings. The Bertz CT molecular complexity index is 851. The zero-order valence-electron chi connectivity index (χ0n) is 19.8. The maximum atomic E-state index is 5.96. The monoisotopic (exact) mass is 441 g/mol. The van der Waals surface area contributed by atoms with Gasteiger partial charge in [-0.1, -0.05) is 41.6 Å². The van der Waals surface area contributed by atoms with E-state index in [1.165, 1.54) is 7.11 Å². The van der Waals surface area contributed by atoms with E-state index in [9.17, 15) is 0 Å². The molecular weight excluding hydrogens is 406 g/mol. The second kappa shape index (κ2) is 14.3. The lowest BCUT2D eigenvalue weighted by Gasteiger charge is -2.14. The third-order valence-electron chi connectivity index (χ3n) is 4.61. The largest absolute Gasteiger partial charge is 0.491 e. The van der Waals surface area contributed by atoms with E-state index in [-0.39, 0.29) is 0 Å². The van der Waals surface area contributed by atoms with Crippen LogP contribution in [0, 0.1) is 13.8 Å². The van der Waals surface area contributed by atoms with Crippen LogP contribution in [0.1, 0.15) is 36.1 Å². The highest BCUT2D eigenvalue weighted by Gasteiger charge is 2.07. The summed E-state index contributed by atoms with van der Waals surface area (Å²) in [5.74, 6) is 1.75. The summed E-state index contributed by atoms with van der Waals surface area (Å²) in [4.78, 5) is 4.71. The van der Waals surface area contributed by atoms with Crippen LogP contribution in [-0.4, -0.2) is 39.2 Å². The molecule has 0 saturated carbocycles. The molecule has 0 radical (unpaired) electrons. The second-order valence-electron chi connectivity index (χ2n) is 7.49. The van der Waals surface area contributed by atoms with Gasteiger partial charge in [0.1, 0.15) is 31.8 Å².